The fourth-order valence-electron chi connectivity index (χ4n) is 3.03. The molecule has 1 aromatic rings. The van der Waals surface area contributed by atoms with Crippen LogP contribution < -0.4 is 4.90 Å². The molecule has 0 spiro atoms. The molecule has 1 aromatic carbocycles. The highest BCUT2D eigenvalue weighted by Gasteiger charge is 2.40. The van der Waals surface area contributed by atoms with Crippen LogP contribution in [0.4, 0.5) is 30.2 Å². The molecule has 1 aliphatic rings. The maximum absolute atomic E-state index is 13.0. The van der Waals surface area contributed by atoms with Crippen molar-refractivity contribution in [1.82, 2.24) is 4.90 Å². The van der Waals surface area contributed by atoms with E-state index in [2.05, 4.69) is 0 Å². The van der Waals surface area contributed by atoms with Crippen molar-refractivity contribution in [2.75, 3.05) is 31.1 Å². The molecule has 1 amide bonds. The lowest BCUT2D eigenvalue weighted by molar-refractivity contribution is -0.393. The molecule has 1 saturated heterocycles. The lowest BCUT2D eigenvalue weighted by Crippen LogP contribution is -2.49. The van der Waals surface area contributed by atoms with Crippen LogP contribution in [-0.4, -0.2) is 46.8 Å². The third kappa shape index (κ3) is 4.67. The molecule has 12 heteroatoms. The van der Waals surface area contributed by atoms with E-state index < -0.39 is 38.6 Å². The number of hydrogen-bond donors (Lipinski definition) is 0. The van der Waals surface area contributed by atoms with Crippen LogP contribution in [0.5, 0.6) is 0 Å². The van der Waals surface area contributed by atoms with E-state index in [4.69, 9.17) is 0 Å². The van der Waals surface area contributed by atoms with Gasteiger partial charge in [-0.05, 0) is 5.92 Å². The number of nitrogens with zero attached hydrogens (tertiary/aromatic N) is 4. The van der Waals surface area contributed by atoms with Crippen molar-refractivity contribution in [2.45, 2.75) is 26.4 Å². The molecule has 0 unspecified atom stereocenters. The van der Waals surface area contributed by atoms with Crippen molar-refractivity contribution >= 4 is 23.0 Å². The summed E-state index contributed by atoms with van der Waals surface area (Å²) in [4.78, 5) is 35.5. The van der Waals surface area contributed by atoms with Crippen LogP contribution in [0.15, 0.2) is 12.1 Å². The van der Waals surface area contributed by atoms with Gasteiger partial charge in [-0.2, -0.15) is 13.2 Å². The summed E-state index contributed by atoms with van der Waals surface area (Å²) in [5.74, 6) is 0.0358. The maximum Gasteiger partial charge on any atom is 0.416 e. The Morgan fingerprint density at radius 1 is 1.07 bits per heavy atom. The number of rotatable bonds is 5. The topological polar surface area (TPSA) is 110 Å². The monoisotopic (exact) mass is 404 g/mol. The normalized spacial score (nSPS) is 15.1. The van der Waals surface area contributed by atoms with Gasteiger partial charge in [0.25, 0.3) is 11.4 Å². The number of halogens is 3. The largest absolute Gasteiger partial charge is 0.416 e. The molecule has 0 radical (unpaired) electrons. The van der Waals surface area contributed by atoms with Gasteiger partial charge in [0.05, 0.1) is 15.4 Å². The fourth-order valence-corrected chi connectivity index (χ4v) is 3.03. The Hall–Kier alpha value is -2.92. The van der Waals surface area contributed by atoms with Gasteiger partial charge in [-0.3, -0.25) is 25.0 Å². The Balaban J connectivity index is 2.39. The lowest BCUT2D eigenvalue weighted by atomic mass is 10.1. The highest BCUT2D eigenvalue weighted by Crippen LogP contribution is 2.43. The lowest BCUT2D eigenvalue weighted by Gasteiger charge is -2.35. The molecule has 0 atom stereocenters. The first kappa shape index (κ1) is 21.4. The Kier molecular flexibility index (Phi) is 6.10. The van der Waals surface area contributed by atoms with Crippen LogP contribution in [-0.2, 0) is 11.0 Å². The molecule has 9 nitrogen and oxygen atoms in total. The van der Waals surface area contributed by atoms with Gasteiger partial charge in [0.2, 0.25) is 5.91 Å². The molecule has 154 valence electrons. The predicted molar refractivity (Wildman–Crippen MR) is 93.0 cm³/mol. The van der Waals surface area contributed by atoms with Crippen molar-refractivity contribution in [3.8, 4) is 0 Å². The van der Waals surface area contributed by atoms with E-state index in [-0.39, 0.29) is 38.0 Å². The van der Waals surface area contributed by atoms with Gasteiger partial charge in [0, 0.05) is 44.7 Å². The Bertz CT molecular complexity index is 754. The Morgan fingerprint density at radius 3 is 1.89 bits per heavy atom. The summed E-state index contributed by atoms with van der Waals surface area (Å²) >= 11 is 0. The fraction of sp³-hybridized carbons (Fsp3) is 0.562. The molecular weight excluding hydrogens is 385 g/mol. The predicted octanol–water partition coefficient (Wildman–Crippen LogP) is 3.22. The van der Waals surface area contributed by atoms with Crippen molar-refractivity contribution in [1.29, 1.82) is 0 Å². The molecule has 0 bridgehead atoms. The van der Waals surface area contributed by atoms with Crippen molar-refractivity contribution in [2.24, 2.45) is 5.92 Å². The molecule has 0 saturated carbocycles. The zero-order valence-corrected chi connectivity index (χ0v) is 15.2. The van der Waals surface area contributed by atoms with E-state index in [0.717, 1.165) is 0 Å². The van der Waals surface area contributed by atoms with Crippen LogP contribution >= 0.6 is 0 Å². The van der Waals surface area contributed by atoms with Gasteiger partial charge in [0.15, 0.2) is 5.69 Å². The van der Waals surface area contributed by atoms with E-state index in [1.165, 1.54) is 9.80 Å². The number of amides is 1. The SMILES string of the molecule is CC(C)CC(=O)N1CCN(c2c([N+](=O)[O-])cc(C(F)(F)F)cc2[N+](=O)[O-])CC1. The van der Waals surface area contributed by atoms with Crippen LogP contribution in [0.3, 0.4) is 0 Å². The summed E-state index contributed by atoms with van der Waals surface area (Å²) in [6.45, 7) is 4.17. The standard InChI is InChI=1S/C16H19F3N4O5/c1-10(2)7-14(24)20-3-5-21(6-4-20)15-12(22(25)26)8-11(16(17,18)19)9-13(15)23(27)28/h8-10H,3-7H2,1-2H3. The number of nitro benzene ring substituents is 2. The molecule has 28 heavy (non-hydrogen) atoms. The molecule has 0 aromatic heterocycles. The molecule has 1 aliphatic heterocycles. The number of piperazine rings is 1. The third-order valence-electron chi connectivity index (χ3n) is 4.32. The molecule has 0 N–H and O–H groups in total. The van der Waals surface area contributed by atoms with Gasteiger partial charge >= 0.3 is 6.18 Å². The van der Waals surface area contributed by atoms with E-state index in [1.807, 2.05) is 13.8 Å². The molecule has 0 aliphatic carbocycles. The van der Waals surface area contributed by atoms with Crippen molar-refractivity contribution in [3.63, 3.8) is 0 Å². The van der Waals surface area contributed by atoms with Gasteiger partial charge in [-0.1, -0.05) is 13.8 Å². The Morgan fingerprint density at radius 2 is 1.54 bits per heavy atom. The van der Waals surface area contributed by atoms with Gasteiger partial charge in [0.1, 0.15) is 0 Å². The van der Waals surface area contributed by atoms with Crippen LogP contribution in [0.2, 0.25) is 0 Å². The summed E-state index contributed by atoms with van der Waals surface area (Å²) in [7, 11) is 0. The first-order valence-electron chi connectivity index (χ1n) is 8.48. The van der Waals surface area contributed by atoms with Gasteiger partial charge in [-0.15, -0.1) is 0 Å². The smallest absolute Gasteiger partial charge is 0.357 e. The van der Waals surface area contributed by atoms with Crippen LogP contribution in [0.1, 0.15) is 25.8 Å². The summed E-state index contributed by atoms with van der Waals surface area (Å²) < 4.78 is 39.0. The van der Waals surface area contributed by atoms with E-state index in [9.17, 15) is 38.2 Å². The van der Waals surface area contributed by atoms with Crippen LogP contribution in [0, 0.1) is 26.1 Å². The first-order chi connectivity index (χ1) is 12.9. The molecular formula is C16H19F3N4O5. The Labute approximate surface area is 158 Å². The summed E-state index contributed by atoms with van der Waals surface area (Å²) in [6.07, 6.45) is -4.64. The summed E-state index contributed by atoms with van der Waals surface area (Å²) in [6, 6.07) is 0.608. The zero-order valence-electron chi connectivity index (χ0n) is 15.2. The van der Waals surface area contributed by atoms with Gasteiger partial charge < -0.3 is 9.80 Å². The van der Waals surface area contributed by atoms with E-state index in [1.54, 1.807) is 0 Å². The first-order valence-corrected chi connectivity index (χ1v) is 8.48. The number of anilines is 1. The second-order valence-corrected chi connectivity index (χ2v) is 6.84. The minimum absolute atomic E-state index is 0.0386. The second kappa shape index (κ2) is 7.98. The third-order valence-corrected chi connectivity index (χ3v) is 4.32. The number of carbonyl (C=O) groups is 1. The van der Waals surface area contributed by atoms with E-state index >= 15 is 0 Å². The number of hydrogen-bond acceptors (Lipinski definition) is 6. The zero-order chi connectivity index (χ0) is 21.2. The number of alkyl halides is 3. The molecule has 1 heterocycles. The minimum atomic E-state index is -4.96. The van der Waals surface area contributed by atoms with Crippen molar-refractivity contribution < 1.29 is 27.8 Å². The number of nitro groups is 2. The number of carbonyl (C=O) groups excluding carboxylic acids is 1. The average Bonchev–Trinajstić information content (AvgIpc) is 2.59. The summed E-state index contributed by atoms with van der Waals surface area (Å²) in [5, 5.41) is 22.7. The highest BCUT2D eigenvalue weighted by molar-refractivity contribution is 5.79. The maximum atomic E-state index is 13.0. The average molecular weight is 404 g/mol. The molecule has 1 fully saturated rings. The number of benzene rings is 1. The highest BCUT2D eigenvalue weighted by atomic mass is 19.4. The second-order valence-electron chi connectivity index (χ2n) is 6.84. The molecule has 2 rings (SSSR count). The van der Waals surface area contributed by atoms with E-state index in [0.29, 0.717) is 18.6 Å². The summed E-state index contributed by atoms with van der Waals surface area (Å²) in [5.41, 5.74) is -3.90. The van der Waals surface area contributed by atoms with Gasteiger partial charge in [-0.25, -0.2) is 0 Å². The quantitative estimate of drug-likeness (QED) is 0.551. The van der Waals surface area contributed by atoms with Crippen LogP contribution in [0.25, 0.3) is 0 Å². The van der Waals surface area contributed by atoms with Crippen molar-refractivity contribution in [3.05, 3.63) is 37.9 Å². The minimum Gasteiger partial charge on any atom is -0.357 e.